The first-order valence-corrected chi connectivity index (χ1v) is 15.7. The van der Waals surface area contributed by atoms with E-state index >= 15 is 0 Å². The summed E-state index contributed by atoms with van der Waals surface area (Å²) in [5, 5.41) is 39.3. The van der Waals surface area contributed by atoms with Crippen molar-refractivity contribution < 1.29 is 46.8 Å². The molecular weight excluding hydrogens is 627 g/mol. The van der Waals surface area contributed by atoms with Crippen LogP contribution in [0.15, 0.2) is 34.3 Å². The number of nitrogens with zero attached hydrogens (tertiary/aromatic N) is 2. The Hall–Kier alpha value is -3.17. The summed E-state index contributed by atoms with van der Waals surface area (Å²) in [4.78, 5) is 28.0. The van der Waals surface area contributed by atoms with E-state index in [0.29, 0.717) is 17.4 Å². The first kappa shape index (κ1) is 40.8. The van der Waals surface area contributed by atoms with Crippen LogP contribution in [0.5, 0.6) is 11.5 Å². The number of hydrogen-bond donors (Lipinski definition) is 2. The number of carboxylic acids is 2. The third-order valence-electron chi connectivity index (χ3n) is 7.91. The SMILES string of the molecule is CC(=O)[O-].CC(=O)[O-].Cc1cc(CC(C)(C)C)cc(C=NC2CC3CCC2(N=Cc2cc(CC(C)(C)C)cc(C)c2O)C3)c1O.[Co+2]. The monoisotopic (exact) mass is 679 g/mol. The average Bonchev–Trinajstić information content (AvgIpc) is 3.42. The molecule has 2 saturated carbocycles. The quantitative estimate of drug-likeness (QED) is 0.399. The number of phenols is 2. The Labute approximate surface area is 285 Å². The first-order valence-electron chi connectivity index (χ1n) is 15.7. The molecule has 0 amide bonds. The summed E-state index contributed by atoms with van der Waals surface area (Å²) in [6, 6.07) is 8.45. The number of carbonyl (C=O) groups excluding carboxylic acids is 2. The van der Waals surface area contributed by atoms with Gasteiger partial charge in [0.2, 0.25) is 0 Å². The van der Waals surface area contributed by atoms with Crippen LogP contribution in [0.3, 0.4) is 0 Å². The molecule has 2 bridgehead atoms. The molecule has 46 heavy (non-hydrogen) atoms. The zero-order valence-electron chi connectivity index (χ0n) is 29.1. The number of hydrogen-bond acceptors (Lipinski definition) is 8. The Kier molecular flexibility index (Phi) is 14.7. The van der Waals surface area contributed by atoms with Gasteiger partial charge in [-0.15, -0.1) is 0 Å². The molecular formula is C37H52CoN2O6. The molecule has 2 aromatic rings. The fraction of sp³-hybridized carbons (Fsp3) is 0.568. The van der Waals surface area contributed by atoms with Gasteiger partial charge in [0.05, 0.1) is 11.6 Å². The van der Waals surface area contributed by atoms with Gasteiger partial charge in [-0.2, -0.15) is 0 Å². The topological polar surface area (TPSA) is 145 Å². The standard InChI is InChI=1S/C33H46N2O2.2C2H4O2.Co/c1-21-11-24(16-31(3,4)5)13-26(29(21)36)19-34-28-15-23-9-10-33(28,18-23)35-20-27-14-25(17-32(6,7)8)12-22(2)30(27)37;2*1-2(3)4;/h11-14,19-20,23,28,36-37H,9-10,15-18H2,1-8H3;2*1H3,(H,3,4);/q;;;+2/p-2. The van der Waals surface area contributed by atoms with E-state index in [-0.39, 0.29) is 39.2 Å². The Morgan fingerprint density at radius 2 is 1.26 bits per heavy atom. The molecule has 0 aromatic heterocycles. The van der Waals surface area contributed by atoms with Gasteiger partial charge in [0.25, 0.3) is 0 Å². The number of aryl methyl sites for hydroxylation is 2. The number of carboxylic acid groups (broad SMARTS) is 2. The van der Waals surface area contributed by atoms with E-state index in [1.807, 2.05) is 26.3 Å². The van der Waals surface area contributed by atoms with Gasteiger partial charge in [0, 0.05) is 35.5 Å². The summed E-state index contributed by atoms with van der Waals surface area (Å²) in [6.45, 7) is 19.3. The van der Waals surface area contributed by atoms with Crippen LogP contribution in [-0.2, 0) is 39.2 Å². The van der Waals surface area contributed by atoms with E-state index in [9.17, 15) is 10.2 Å². The number of phenolic OH excluding ortho intramolecular Hbond substituents is 2. The molecule has 2 fully saturated rings. The van der Waals surface area contributed by atoms with Crippen LogP contribution in [0.1, 0.15) is 114 Å². The molecule has 3 atom stereocenters. The third-order valence-corrected chi connectivity index (χ3v) is 7.91. The van der Waals surface area contributed by atoms with Crippen LogP contribution < -0.4 is 10.2 Å². The van der Waals surface area contributed by atoms with E-state index < -0.39 is 11.9 Å². The van der Waals surface area contributed by atoms with Crippen molar-refractivity contribution in [1.29, 1.82) is 0 Å². The van der Waals surface area contributed by atoms with Gasteiger partial charge in [-0.05, 0) is 117 Å². The van der Waals surface area contributed by atoms with E-state index in [2.05, 4.69) is 65.8 Å². The predicted octanol–water partition coefficient (Wildman–Crippen LogP) is 5.25. The molecule has 1 radical (unpaired) electrons. The van der Waals surface area contributed by atoms with Gasteiger partial charge in [-0.25, -0.2) is 0 Å². The Balaban J connectivity index is 0.00000106. The van der Waals surface area contributed by atoms with Crippen LogP contribution in [0, 0.1) is 30.6 Å². The summed E-state index contributed by atoms with van der Waals surface area (Å²) >= 11 is 0. The smallest absolute Gasteiger partial charge is 0.550 e. The molecule has 0 saturated heterocycles. The number of aliphatic imine (C=N–C) groups is 2. The van der Waals surface area contributed by atoms with Gasteiger partial charge in [0.15, 0.2) is 0 Å². The van der Waals surface area contributed by atoms with Gasteiger partial charge >= 0.3 is 16.8 Å². The summed E-state index contributed by atoms with van der Waals surface area (Å²) < 4.78 is 0. The molecule has 2 aromatic carbocycles. The van der Waals surface area contributed by atoms with E-state index in [4.69, 9.17) is 29.8 Å². The predicted molar refractivity (Wildman–Crippen MR) is 177 cm³/mol. The Bertz CT molecular complexity index is 1400. The summed E-state index contributed by atoms with van der Waals surface area (Å²) in [7, 11) is 0. The maximum Gasteiger partial charge on any atom is 2.00 e. The van der Waals surface area contributed by atoms with E-state index in [0.717, 1.165) is 68.2 Å². The molecule has 255 valence electrons. The van der Waals surface area contributed by atoms with Crippen LogP contribution in [0.25, 0.3) is 0 Å². The molecule has 9 heteroatoms. The summed E-state index contributed by atoms with van der Waals surface area (Å²) in [6.07, 6.45) is 9.96. The van der Waals surface area contributed by atoms with Gasteiger partial charge in [-0.1, -0.05) is 53.7 Å². The number of benzene rings is 2. The van der Waals surface area contributed by atoms with E-state index in [1.54, 1.807) is 0 Å². The average molecular weight is 680 g/mol. The molecule has 3 unspecified atom stereocenters. The van der Waals surface area contributed by atoms with Gasteiger partial charge in [-0.3, -0.25) is 9.98 Å². The van der Waals surface area contributed by atoms with Crippen molar-refractivity contribution in [3.63, 3.8) is 0 Å². The molecule has 8 nitrogen and oxygen atoms in total. The van der Waals surface area contributed by atoms with Crippen LogP contribution in [0.2, 0.25) is 0 Å². The second-order valence-corrected chi connectivity index (χ2v) is 15.2. The zero-order chi connectivity index (χ0) is 34.3. The Morgan fingerprint density at radius 3 is 1.65 bits per heavy atom. The fourth-order valence-electron chi connectivity index (χ4n) is 6.36. The second-order valence-electron chi connectivity index (χ2n) is 15.2. The minimum Gasteiger partial charge on any atom is -0.550 e. The van der Waals surface area contributed by atoms with Gasteiger partial charge in [0.1, 0.15) is 11.5 Å². The summed E-state index contributed by atoms with van der Waals surface area (Å²) in [5.74, 6) is -0.885. The van der Waals surface area contributed by atoms with Crippen molar-refractivity contribution in [2.45, 2.75) is 119 Å². The van der Waals surface area contributed by atoms with Crippen molar-refractivity contribution in [1.82, 2.24) is 0 Å². The molecule has 4 rings (SSSR count). The minimum atomic E-state index is -1.08. The minimum absolute atomic E-state index is 0. The van der Waals surface area contributed by atoms with Gasteiger partial charge < -0.3 is 30.0 Å². The normalized spacial score (nSPS) is 20.5. The molecule has 0 aliphatic heterocycles. The number of aliphatic carboxylic acids is 2. The van der Waals surface area contributed by atoms with Crippen molar-refractivity contribution in [2.24, 2.45) is 26.7 Å². The van der Waals surface area contributed by atoms with Crippen LogP contribution in [0.4, 0.5) is 0 Å². The molecule has 0 spiro atoms. The Morgan fingerprint density at radius 1 is 0.848 bits per heavy atom. The first-order chi connectivity index (χ1) is 20.6. The number of rotatable bonds is 6. The van der Waals surface area contributed by atoms with Crippen molar-refractivity contribution in [2.75, 3.05) is 0 Å². The van der Waals surface area contributed by atoms with Crippen LogP contribution in [-0.4, -0.2) is 46.2 Å². The molecule has 0 heterocycles. The number of carbonyl (C=O) groups is 2. The van der Waals surface area contributed by atoms with Crippen molar-refractivity contribution in [3.8, 4) is 11.5 Å². The molecule has 2 N–H and O–H groups in total. The molecule has 2 aliphatic rings. The van der Waals surface area contributed by atoms with E-state index in [1.165, 1.54) is 17.5 Å². The third kappa shape index (κ3) is 12.9. The maximum absolute atomic E-state index is 10.8. The number of fused-ring (bicyclic) bond motifs is 2. The van der Waals surface area contributed by atoms with Crippen molar-refractivity contribution in [3.05, 3.63) is 57.6 Å². The second kappa shape index (κ2) is 16.6. The van der Waals surface area contributed by atoms with Crippen molar-refractivity contribution >= 4 is 24.4 Å². The largest absolute Gasteiger partial charge is 2.00 e. The maximum atomic E-state index is 10.8. The molecule has 2 aliphatic carbocycles. The number of aromatic hydroxyl groups is 2. The fourth-order valence-corrected chi connectivity index (χ4v) is 6.36. The summed E-state index contributed by atoms with van der Waals surface area (Å²) in [5.41, 5.74) is 5.97. The van der Waals surface area contributed by atoms with Crippen LogP contribution >= 0.6 is 0 Å². The zero-order valence-corrected chi connectivity index (χ0v) is 30.2.